The van der Waals surface area contributed by atoms with Crippen LogP contribution >= 0.6 is 0 Å². The number of aromatic nitrogens is 1. The van der Waals surface area contributed by atoms with Crippen molar-refractivity contribution in [1.29, 1.82) is 0 Å². The zero-order valence-electron chi connectivity index (χ0n) is 17.8. The molecule has 1 atom stereocenters. The molecule has 1 aliphatic heterocycles. The lowest BCUT2D eigenvalue weighted by molar-refractivity contribution is -0.134. The normalized spacial score (nSPS) is 22.8. The number of ether oxygens (including phenoxy) is 1. The first-order valence-electron chi connectivity index (χ1n) is 10.7. The van der Waals surface area contributed by atoms with Crippen LogP contribution < -0.4 is 10.1 Å². The van der Waals surface area contributed by atoms with Crippen LogP contribution in [0.1, 0.15) is 63.4 Å². The van der Waals surface area contributed by atoms with Gasteiger partial charge in [0, 0.05) is 23.5 Å². The van der Waals surface area contributed by atoms with E-state index in [1.807, 2.05) is 49.6 Å². The molecule has 0 bridgehead atoms. The van der Waals surface area contributed by atoms with Crippen LogP contribution in [0.2, 0.25) is 0 Å². The maximum Gasteiger partial charge on any atom is 0.271 e. The monoisotopic (exact) mass is 397 g/mol. The van der Waals surface area contributed by atoms with Gasteiger partial charge in [-0.1, -0.05) is 19.3 Å². The summed E-state index contributed by atoms with van der Waals surface area (Å²) < 4.78 is 7.37. The first-order chi connectivity index (χ1) is 13.8. The van der Waals surface area contributed by atoms with Gasteiger partial charge in [0.2, 0.25) is 5.91 Å². The Hall–Kier alpha value is -2.50. The van der Waals surface area contributed by atoms with Crippen molar-refractivity contribution in [3.63, 3.8) is 0 Å². The van der Waals surface area contributed by atoms with E-state index < -0.39 is 5.54 Å². The number of methoxy groups -OCH3 is 1. The molecule has 0 radical (unpaired) electrons. The summed E-state index contributed by atoms with van der Waals surface area (Å²) in [6.07, 6.45) is 5.58. The molecule has 156 valence electrons. The van der Waals surface area contributed by atoms with Crippen molar-refractivity contribution >= 4 is 22.7 Å². The van der Waals surface area contributed by atoms with Crippen molar-refractivity contribution in [2.45, 2.75) is 77.0 Å². The zero-order chi connectivity index (χ0) is 20.8. The number of benzene rings is 1. The number of carbonyl (C=O) groups excluding carboxylic acids is 2. The maximum absolute atomic E-state index is 13.5. The molecule has 4 rings (SSSR count). The number of amides is 2. The van der Waals surface area contributed by atoms with Crippen molar-refractivity contribution in [2.24, 2.45) is 0 Å². The fourth-order valence-electron chi connectivity index (χ4n) is 5.01. The minimum atomic E-state index is -0.940. The van der Waals surface area contributed by atoms with Crippen LogP contribution in [0.15, 0.2) is 24.3 Å². The summed E-state index contributed by atoms with van der Waals surface area (Å²) in [7, 11) is 1.63. The van der Waals surface area contributed by atoms with E-state index in [9.17, 15) is 9.59 Å². The van der Waals surface area contributed by atoms with Gasteiger partial charge in [-0.3, -0.25) is 9.59 Å². The highest BCUT2D eigenvalue weighted by Gasteiger charge is 2.49. The van der Waals surface area contributed by atoms with E-state index in [-0.39, 0.29) is 23.9 Å². The van der Waals surface area contributed by atoms with E-state index in [2.05, 4.69) is 5.32 Å². The highest BCUT2D eigenvalue weighted by atomic mass is 16.5. The third-order valence-corrected chi connectivity index (χ3v) is 6.49. The Morgan fingerprint density at radius 1 is 1.21 bits per heavy atom. The molecule has 2 aromatic rings. The Kier molecular flexibility index (Phi) is 5.05. The molecule has 6 heteroatoms. The average molecular weight is 398 g/mol. The molecule has 1 saturated carbocycles. The number of hydrogen-bond donors (Lipinski definition) is 1. The summed E-state index contributed by atoms with van der Waals surface area (Å²) in [6.45, 7) is 6.29. The molecule has 1 aliphatic carbocycles. The number of nitrogens with one attached hydrogen (secondary N) is 1. The molecule has 1 N–H and O–H groups in total. The summed E-state index contributed by atoms with van der Waals surface area (Å²) in [5.41, 5.74) is 0.614. The van der Waals surface area contributed by atoms with Gasteiger partial charge in [0.15, 0.2) is 0 Å². The van der Waals surface area contributed by atoms with Crippen LogP contribution in [0.5, 0.6) is 5.75 Å². The second kappa shape index (κ2) is 7.39. The van der Waals surface area contributed by atoms with Crippen molar-refractivity contribution in [2.75, 3.05) is 7.11 Å². The molecule has 0 unspecified atom stereocenters. The van der Waals surface area contributed by atoms with Gasteiger partial charge in [-0.05, 0) is 51.8 Å². The molecule has 0 saturated heterocycles. The summed E-state index contributed by atoms with van der Waals surface area (Å²) in [5.74, 6) is 0.593. The fraction of sp³-hybridized carbons (Fsp3) is 0.565. The first kappa shape index (κ1) is 19.8. The topological polar surface area (TPSA) is 63.6 Å². The summed E-state index contributed by atoms with van der Waals surface area (Å²) >= 11 is 0. The summed E-state index contributed by atoms with van der Waals surface area (Å²) in [5, 5.41) is 4.24. The molecular formula is C23H31N3O3. The van der Waals surface area contributed by atoms with Gasteiger partial charge in [-0.25, -0.2) is 0 Å². The van der Waals surface area contributed by atoms with Crippen molar-refractivity contribution < 1.29 is 14.3 Å². The molecule has 0 spiro atoms. The maximum atomic E-state index is 13.5. The molecular weight excluding hydrogens is 366 g/mol. The van der Waals surface area contributed by atoms with Gasteiger partial charge >= 0.3 is 0 Å². The van der Waals surface area contributed by atoms with Crippen LogP contribution in [-0.2, 0) is 11.3 Å². The number of fused-ring (bicyclic) bond motifs is 3. The Bertz CT molecular complexity index is 942. The Morgan fingerprint density at radius 3 is 2.59 bits per heavy atom. The molecule has 1 aromatic heterocycles. The van der Waals surface area contributed by atoms with Crippen molar-refractivity contribution in [3.8, 4) is 5.75 Å². The average Bonchev–Trinajstić information content (AvgIpc) is 3.06. The van der Waals surface area contributed by atoms with Crippen LogP contribution in [-0.4, -0.2) is 46.0 Å². The smallest absolute Gasteiger partial charge is 0.271 e. The molecule has 29 heavy (non-hydrogen) atoms. The molecule has 6 nitrogen and oxygen atoms in total. The van der Waals surface area contributed by atoms with E-state index >= 15 is 0 Å². The number of nitrogens with zero attached hydrogens (tertiary/aromatic N) is 2. The Morgan fingerprint density at radius 2 is 1.93 bits per heavy atom. The minimum absolute atomic E-state index is 0.0538. The standard InChI is InChI=1S/C23H31N3O3/c1-15(2)26-21(27)20-12-16-10-11-18(29-4)13-19(16)25(20)14-23(26,3)22(28)24-17-8-6-5-7-9-17/h10-13,15,17H,5-9,14H2,1-4H3,(H,24,28)/t23-/m1/s1. The quantitative estimate of drug-likeness (QED) is 0.855. The summed E-state index contributed by atoms with van der Waals surface area (Å²) in [6, 6.07) is 7.85. The van der Waals surface area contributed by atoms with Gasteiger partial charge < -0.3 is 19.5 Å². The molecule has 1 aromatic carbocycles. The zero-order valence-corrected chi connectivity index (χ0v) is 17.8. The number of hydrogen-bond acceptors (Lipinski definition) is 3. The lowest BCUT2D eigenvalue weighted by atomic mass is 9.90. The molecule has 1 fully saturated rings. The second-order valence-corrected chi connectivity index (χ2v) is 8.89. The van der Waals surface area contributed by atoms with Gasteiger partial charge in [0.1, 0.15) is 17.0 Å². The van der Waals surface area contributed by atoms with E-state index in [0.29, 0.717) is 12.2 Å². The van der Waals surface area contributed by atoms with Gasteiger partial charge in [0.05, 0.1) is 19.2 Å². The minimum Gasteiger partial charge on any atom is -0.497 e. The Labute approximate surface area is 172 Å². The van der Waals surface area contributed by atoms with Gasteiger partial charge in [-0.2, -0.15) is 0 Å². The predicted octanol–water partition coefficient (Wildman–Crippen LogP) is 3.72. The predicted molar refractivity (Wildman–Crippen MR) is 113 cm³/mol. The fourth-order valence-corrected chi connectivity index (χ4v) is 5.01. The van der Waals surface area contributed by atoms with Crippen molar-refractivity contribution in [3.05, 3.63) is 30.0 Å². The van der Waals surface area contributed by atoms with E-state index in [4.69, 9.17) is 4.74 Å². The van der Waals surface area contributed by atoms with Crippen molar-refractivity contribution in [1.82, 2.24) is 14.8 Å². The number of rotatable bonds is 4. The van der Waals surface area contributed by atoms with E-state index in [1.54, 1.807) is 12.0 Å². The Balaban J connectivity index is 1.75. The molecule has 2 aliphatic rings. The van der Waals surface area contributed by atoms with Crippen LogP contribution in [0.4, 0.5) is 0 Å². The lowest BCUT2D eigenvalue weighted by Gasteiger charge is -2.47. The van der Waals surface area contributed by atoms with Crippen LogP contribution in [0.3, 0.4) is 0 Å². The largest absolute Gasteiger partial charge is 0.497 e. The molecule has 2 heterocycles. The molecule has 2 amide bonds. The first-order valence-corrected chi connectivity index (χ1v) is 10.7. The SMILES string of the molecule is COc1ccc2cc3n(c2c1)C[C@](C)(C(=O)NC1CCCCC1)N(C(C)C)C3=O. The van der Waals surface area contributed by atoms with Crippen LogP contribution in [0, 0.1) is 0 Å². The highest BCUT2D eigenvalue weighted by Crippen LogP contribution is 2.35. The lowest BCUT2D eigenvalue weighted by Crippen LogP contribution is -2.66. The summed E-state index contributed by atoms with van der Waals surface area (Å²) in [4.78, 5) is 28.7. The van der Waals surface area contributed by atoms with Crippen LogP contribution in [0.25, 0.3) is 10.9 Å². The second-order valence-electron chi connectivity index (χ2n) is 8.89. The van der Waals surface area contributed by atoms with Gasteiger partial charge in [0.25, 0.3) is 5.91 Å². The third kappa shape index (κ3) is 3.28. The van der Waals surface area contributed by atoms with E-state index in [0.717, 1.165) is 42.3 Å². The van der Waals surface area contributed by atoms with E-state index in [1.165, 1.54) is 6.42 Å². The highest BCUT2D eigenvalue weighted by molar-refractivity contribution is 6.04. The van der Waals surface area contributed by atoms with Gasteiger partial charge in [-0.15, -0.1) is 0 Å². The third-order valence-electron chi connectivity index (χ3n) is 6.49. The number of carbonyl (C=O) groups is 2.